The molecule has 19 heavy (non-hydrogen) atoms. The van der Waals surface area contributed by atoms with E-state index in [1.807, 2.05) is 24.4 Å². The van der Waals surface area contributed by atoms with Gasteiger partial charge in [0.2, 0.25) is 0 Å². The van der Waals surface area contributed by atoms with Crippen LogP contribution in [0.25, 0.3) is 11.4 Å². The summed E-state index contributed by atoms with van der Waals surface area (Å²) in [7, 11) is 0. The fraction of sp³-hybridized carbons (Fsp3) is 0.357. The van der Waals surface area contributed by atoms with Gasteiger partial charge in [-0.2, -0.15) is 0 Å². The molecule has 5 heteroatoms. The lowest BCUT2D eigenvalue weighted by atomic mass is 10.1. The highest BCUT2D eigenvalue weighted by atomic mass is 79.9. The van der Waals surface area contributed by atoms with Crippen molar-refractivity contribution in [1.29, 1.82) is 0 Å². The van der Waals surface area contributed by atoms with Crippen molar-refractivity contribution in [3.8, 4) is 11.4 Å². The summed E-state index contributed by atoms with van der Waals surface area (Å²) in [6, 6.07) is 5.77. The van der Waals surface area contributed by atoms with Gasteiger partial charge < -0.3 is 10.3 Å². The summed E-state index contributed by atoms with van der Waals surface area (Å²) in [6.45, 7) is 7.19. The number of aromatic amines is 1. The van der Waals surface area contributed by atoms with Crippen molar-refractivity contribution in [2.45, 2.75) is 32.9 Å². The van der Waals surface area contributed by atoms with Crippen LogP contribution in [-0.2, 0) is 6.54 Å². The van der Waals surface area contributed by atoms with E-state index in [4.69, 9.17) is 11.6 Å². The van der Waals surface area contributed by atoms with Crippen molar-refractivity contribution in [2.75, 3.05) is 0 Å². The largest absolute Gasteiger partial charge is 0.341 e. The van der Waals surface area contributed by atoms with Crippen LogP contribution in [-0.4, -0.2) is 15.5 Å². The fourth-order valence-electron chi connectivity index (χ4n) is 1.60. The molecule has 2 aromatic rings. The molecule has 0 radical (unpaired) electrons. The van der Waals surface area contributed by atoms with E-state index in [1.165, 1.54) is 0 Å². The first kappa shape index (κ1) is 14.6. The average molecular weight is 343 g/mol. The Labute approximate surface area is 126 Å². The highest BCUT2D eigenvalue weighted by Gasteiger charge is 2.10. The molecular formula is C14H17BrClN3. The highest BCUT2D eigenvalue weighted by Crippen LogP contribution is 2.27. The first-order chi connectivity index (χ1) is 8.85. The van der Waals surface area contributed by atoms with Crippen LogP contribution in [0, 0.1) is 0 Å². The maximum absolute atomic E-state index is 5.99. The van der Waals surface area contributed by atoms with Crippen molar-refractivity contribution < 1.29 is 0 Å². The van der Waals surface area contributed by atoms with E-state index in [9.17, 15) is 0 Å². The van der Waals surface area contributed by atoms with Gasteiger partial charge >= 0.3 is 0 Å². The number of hydrogen-bond acceptors (Lipinski definition) is 2. The molecule has 2 N–H and O–H groups in total. The first-order valence-electron chi connectivity index (χ1n) is 6.09. The van der Waals surface area contributed by atoms with Gasteiger partial charge in [0.15, 0.2) is 0 Å². The Morgan fingerprint density at radius 2 is 2.11 bits per heavy atom. The summed E-state index contributed by atoms with van der Waals surface area (Å²) in [6.07, 6.45) is 1.86. The fourth-order valence-corrected chi connectivity index (χ4v) is 2.10. The number of hydrogen-bond donors (Lipinski definition) is 2. The molecule has 0 aliphatic carbocycles. The molecular weight excluding hydrogens is 326 g/mol. The van der Waals surface area contributed by atoms with E-state index in [0.29, 0.717) is 5.02 Å². The van der Waals surface area contributed by atoms with Crippen LogP contribution in [0.2, 0.25) is 5.02 Å². The van der Waals surface area contributed by atoms with Gasteiger partial charge in [-0.1, -0.05) is 11.6 Å². The van der Waals surface area contributed by atoms with Crippen LogP contribution in [0.3, 0.4) is 0 Å². The Morgan fingerprint density at radius 1 is 1.37 bits per heavy atom. The van der Waals surface area contributed by atoms with Crippen LogP contribution in [0.4, 0.5) is 0 Å². The second-order valence-corrected chi connectivity index (χ2v) is 6.75. The van der Waals surface area contributed by atoms with Crippen molar-refractivity contribution in [3.05, 3.63) is 39.6 Å². The van der Waals surface area contributed by atoms with Crippen LogP contribution in [0.1, 0.15) is 26.5 Å². The molecule has 0 bridgehead atoms. The molecule has 2 rings (SSSR count). The minimum atomic E-state index is 0.0918. The van der Waals surface area contributed by atoms with E-state index in [2.05, 4.69) is 52.0 Å². The highest BCUT2D eigenvalue weighted by molar-refractivity contribution is 9.10. The lowest BCUT2D eigenvalue weighted by Gasteiger charge is -2.19. The molecule has 0 unspecified atom stereocenters. The van der Waals surface area contributed by atoms with Gasteiger partial charge in [-0.25, -0.2) is 4.98 Å². The summed E-state index contributed by atoms with van der Waals surface area (Å²) >= 11 is 9.41. The van der Waals surface area contributed by atoms with Crippen LogP contribution in [0.5, 0.6) is 0 Å². The Hall–Kier alpha value is -0.840. The number of halogens is 2. The molecule has 1 aromatic carbocycles. The molecule has 0 fully saturated rings. The second kappa shape index (κ2) is 5.65. The van der Waals surface area contributed by atoms with Gasteiger partial charge in [-0.15, -0.1) is 0 Å². The molecule has 1 aromatic heterocycles. The molecule has 0 atom stereocenters. The van der Waals surface area contributed by atoms with E-state index < -0.39 is 0 Å². The van der Waals surface area contributed by atoms with Crippen LogP contribution >= 0.6 is 27.5 Å². The summed E-state index contributed by atoms with van der Waals surface area (Å²) in [5.74, 6) is 0.850. The lowest BCUT2D eigenvalue weighted by molar-refractivity contribution is 0.422. The zero-order chi connectivity index (χ0) is 14.0. The quantitative estimate of drug-likeness (QED) is 0.869. The molecule has 0 saturated heterocycles. The number of nitrogens with zero attached hydrogens (tertiary/aromatic N) is 1. The summed E-state index contributed by atoms with van der Waals surface area (Å²) in [5, 5.41) is 4.12. The Morgan fingerprint density at radius 3 is 2.74 bits per heavy atom. The average Bonchev–Trinajstić information content (AvgIpc) is 2.78. The molecule has 0 amide bonds. The maximum Gasteiger partial charge on any atom is 0.137 e. The topological polar surface area (TPSA) is 40.7 Å². The Bertz CT molecular complexity index is 572. The maximum atomic E-state index is 5.99. The zero-order valence-electron chi connectivity index (χ0n) is 11.2. The third kappa shape index (κ3) is 4.06. The molecule has 0 aliphatic heterocycles. The molecule has 3 nitrogen and oxygen atoms in total. The molecule has 1 heterocycles. The smallest absolute Gasteiger partial charge is 0.137 e. The molecule has 0 saturated carbocycles. The standard InChI is InChI=1S/C14H17BrClN3/c1-14(2,3)18-8-10-7-17-13(19-10)9-4-5-12(16)11(15)6-9/h4-7,18H,8H2,1-3H3,(H,17,19). The van der Waals surface area contributed by atoms with Gasteiger partial charge in [-0.05, 0) is 54.9 Å². The number of rotatable bonds is 3. The van der Waals surface area contributed by atoms with E-state index >= 15 is 0 Å². The lowest BCUT2D eigenvalue weighted by Crippen LogP contribution is -2.35. The van der Waals surface area contributed by atoms with Gasteiger partial charge in [0.05, 0.1) is 5.02 Å². The number of aromatic nitrogens is 2. The summed E-state index contributed by atoms with van der Waals surface area (Å²) in [5.41, 5.74) is 2.17. The van der Waals surface area contributed by atoms with Gasteiger partial charge in [0, 0.05) is 34.0 Å². The SMILES string of the molecule is CC(C)(C)NCc1cnc(-c2ccc(Cl)c(Br)c2)[nH]1. The van der Waals surface area contributed by atoms with Gasteiger partial charge in [0.1, 0.15) is 5.82 Å². The molecule has 102 valence electrons. The van der Waals surface area contributed by atoms with Crippen LogP contribution < -0.4 is 5.32 Å². The Kier molecular flexibility index (Phi) is 4.33. The third-order valence-corrected chi connectivity index (χ3v) is 3.84. The summed E-state index contributed by atoms with van der Waals surface area (Å²) < 4.78 is 0.873. The van der Waals surface area contributed by atoms with Crippen molar-refractivity contribution in [3.63, 3.8) is 0 Å². The molecule has 0 spiro atoms. The van der Waals surface area contributed by atoms with Crippen LogP contribution in [0.15, 0.2) is 28.9 Å². The number of H-pyrrole nitrogens is 1. The Balaban J connectivity index is 2.14. The second-order valence-electron chi connectivity index (χ2n) is 5.49. The van der Waals surface area contributed by atoms with Crippen molar-refractivity contribution >= 4 is 27.5 Å². The third-order valence-electron chi connectivity index (χ3n) is 2.63. The minimum absolute atomic E-state index is 0.0918. The first-order valence-corrected chi connectivity index (χ1v) is 7.26. The van der Waals surface area contributed by atoms with Gasteiger partial charge in [0.25, 0.3) is 0 Å². The predicted molar refractivity (Wildman–Crippen MR) is 83.3 cm³/mol. The number of benzene rings is 1. The van der Waals surface area contributed by atoms with E-state index in [0.717, 1.165) is 28.1 Å². The zero-order valence-corrected chi connectivity index (χ0v) is 13.6. The number of imidazole rings is 1. The van der Waals surface area contributed by atoms with E-state index in [-0.39, 0.29) is 5.54 Å². The minimum Gasteiger partial charge on any atom is -0.341 e. The number of nitrogens with one attached hydrogen (secondary N) is 2. The monoisotopic (exact) mass is 341 g/mol. The predicted octanol–water partition coefficient (Wildman–Crippen LogP) is 4.38. The van der Waals surface area contributed by atoms with Crippen molar-refractivity contribution in [1.82, 2.24) is 15.3 Å². The van der Waals surface area contributed by atoms with E-state index in [1.54, 1.807) is 0 Å². The molecule has 0 aliphatic rings. The summed E-state index contributed by atoms with van der Waals surface area (Å²) in [4.78, 5) is 7.71. The van der Waals surface area contributed by atoms with Gasteiger partial charge in [-0.3, -0.25) is 0 Å². The normalized spacial score (nSPS) is 11.8. The van der Waals surface area contributed by atoms with Crippen molar-refractivity contribution in [2.24, 2.45) is 0 Å².